The van der Waals surface area contributed by atoms with Crippen LogP contribution in [0.1, 0.15) is 58.6 Å². The standard InChI is InChI=1S/C31H42N2O8/c1-21(2)16-26(32-30(36)39-19-24-12-8-6-9-13-24)28(34)38-18-23(5)41-29(35)27(17-22(3)4)33-31(37)40-20-25-14-10-7-11-15-25/h6-15,21-23,26-27H,16-20H2,1-5H3,(H,32,36)(H,33,37)/t23?,26-,27-/m0/s1. The van der Waals surface area contributed by atoms with Gasteiger partial charge in [-0.15, -0.1) is 0 Å². The predicted octanol–water partition coefficient (Wildman–Crippen LogP) is 5.14. The fraction of sp³-hybridized carbons (Fsp3) is 0.484. The van der Waals surface area contributed by atoms with Crippen molar-refractivity contribution in [2.24, 2.45) is 11.8 Å². The largest absolute Gasteiger partial charge is 0.460 e. The van der Waals surface area contributed by atoms with Gasteiger partial charge in [0.05, 0.1) is 0 Å². The Morgan fingerprint density at radius 1 is 0.610 bits per heavy atom. The Balaban J connectivity index is 1.85. The van der Waals surface area contributed by atoms with Crippen LogP contribution < -0.4 is 10.6 Å². The number of ether oxygens (including phenoxy) is 4. The average Bonchev–Trinajstić information content (AvgIpc) is 2.93. The van der Waals surface area contributed by atoms with Gasteiger partial charge in [-0.3, -0.25) is 0 Å². The number of carbonyl (C=O) groups excluding carboxylic acids is 4. The molecule has 0 fully saturated rings. The van der Waals surface area contributed by atoms with Crippen molar-refractivity contribution in [1.29, 1.82) is 0 Å². The fourth-order valence-electron chi connectivity index (χ4n) is 3.80. The van der Waals surface area contributed by atoms with Crippen molar-refractivity contribution >= 4 is 24.1 Å². The summed E-state index contributed by atoms with van der Waals surface area (Å²) in [7, 11) is 0. The Kier molecular flexibility index (Phi) is 14.2. The minimum atomic E-state index is -0.939. The second kappa shape index (κ2) is 17.6. The first-order valence-corrected chi connectivity index (χ1v) is 13.8. The van der Waals surface area contributed by atoms with Crippen molar-refractivity contribution in [1.82, 2.24) is 10.6 Å². The zero-order valence-electron chi connectivity index (χ0n) is 24.5. The molecule has 0 spiro atoms. The van der Waals surface area contributed by atoms with Crippen LogP contribution in [0.25, 0.3) is 0 Å². The second-order valence-electron chi connectivity index (χ2n) is 10.7. The van der Waals surface area contributed by atoms with Gasteiger partial charge in [0.2, 0.25) is 0 Å². The van der Waals surface area contributed by atoms with Crippen LogP contribution in [0.5, 0.6) is 0 Å². The lowest BCUT2D eigenvalue weighted by molar-refractivity contribution is -0.160. The normalized spacial score (nSPS) is 13.0. The zero-order chi connectivity index (χ0) is 30.2. The molecule has 0 saturated carbocycles. The number of carbonyl (C=O) groups is 4. The fourth-order valence-corrected chi connectivity index (χ4v) is 3.80. The van der Waals surface area contributed by atoms with Crippen molar-refractivity contribution in [2.45, 2.75) is 78.9 Å². The highest BCUT2D eigenvalue weighted by atomic mass is 16.6. The third kappa shape index (κ3) is 13.7. The summed E-state index contributed by atoms with van der Waals surface area (Å²) in [5.74, 6) is -1.17. The van der Waals surface area contributed by atoms with Gasteiger partial charge in [0.25, 0.3) is 0 Å². The van der Waals surface area contributed by atoms with Crippen LogP contribution in [0.15, 0.2) is 60.7 Å². The number of alkyl carbamates (subject to hydrolysis) is 2. The first-order valence-electron chi connectivity index (χ1n) is 13.8. The number of rotatable bonds is 15. The van der Waals surface area contributed by atoms with Gasteiger partial charge >= 0.3 is 24.1 Å². The predicted molar refractivity (Wildman–Crippen MR) is 153 cm³/mol. The van der Waals surface area contributed by atoms with Crippen molar-refractivity contribution in [3.63, 3.8) is 0 Å². The lowest BCUT2D eigenvalue weighted by Crippen LogP contribution is -2.45. The number of esters is 2. The van der Waals surface area contributed by atoms with Gasteiger partial charge < -0.3 is 29.6 Å². The summed E-state index contributed by atoms with van der Waals surface area (Å²) in [6.07, 6.45) is -1.61. The summed E-state index contributed by atoms with van der Waals surface area (Å²) in [5.41, 5.74) is 1.63. The van der Waals surface area contributed by atoms with Gasteiger partial charge in [-0.2, -0.15) is 0 Å². The summed E-state index contributed by atoms with van der Waals surface area (Å²) in [4.78, 5) is 50.3. The Hall–Kier alpha value is -4.08. The monoisotopic (exact) mass is 570 g/mol. The Labute approximate surface area is 242 Å². The summed E-state index contributed by atoms with van der Waals surface area (Å²) < 4.78 is 21.3. The van der Waals surface area contributed by atoms with Gasteiger partial charge in [0, 0.05) is 0 Å². The topological polar surface area (TPSA) is 129 Å². The second-order valence-corrected chi connectivity index (χ2v) is 10.7. The van der Waals surface area contributed by atoms with E-state index in [1.54, 1.807) is 6.92 Å². The van der Waals surface area contributed by atoms with Crippen LogP contribution in [0.2, 0.25) is 0 Å². The van der Waals surface area contributed by atoms with Crippen molar-refractivity contribution in [2.75, 3.05) is 6.61 Å². The first-order chi connectivity index (χ1) is 19.5. The molecule has 0 radical (unpaired) electrons. The molecule has 0 heterocycles. The molecule has 0 aromatic heterocycles. The molecule has 2 amide bonds. The third-order valence-corrected chi connectivity index (χ3v) is 5.77. The van der Waals surface area contributed by atoms with E-state index in [1.165, 1.54) is 0 Å². The van der Waals surface area contributed by atoms with Crippen LogP contribution in [0, 0.1) is 11.8 Å². The molecule has 224 valence electrons. The molecule has 0 saturated heterocycles. The summed E-state index contributed by atoms with van der Waals surface area (Å²) in [5, 5.41) is 5.13. The first kappa shape index (κ1) is 33.1. The van der Waals surface area contributed by atoms with E-state index in [2.05, 4.69) is 10.6 Å². The molecular weight excluding hydrogens is 528 g/mol. The third-order valence-electron chi connectivity index (χ3n) is 5.77. The quantitative estimate of drug-likeness (QED) is 0.222. The average molecular weight is 571 g/mol. The van der Waals surface area contributed by atoms with Crippen molar-refractivity contribution in [3.05, 3.63) is 71.8 Å². The van der Waals surface area contributed by atoms with Crippen LogP contribution >= 0.6 is 0 Å². The molecule has 0 aliphatic heterocycles. The van der Waals surface area contributed by atoms with Crippen molar-refractivity contribution in [3.8, 4) is 0 Å². The SMILES string of the molecule is CC(C)C[C@H](NC(=O)OCc1ccccc1)C(=O)OCC(C)OC(=O)[C@H](CC(C)C)NC(=O)OCc1ccccc1. The number of hydrogen-bond donors (Lipinski definition) is 2. The highest BCUT2D eigenvalue weighted by Crippen LogP contribution is 2.11. The Bertz CT molecular complexity index is 1090. The summed E-state index contributed by atoms with van der Waals surface area (Å²) in [6.45, 7) is 9.12. The number of hydrogen-bond acceptors (Lipinski definition) is 8. The van der Waals surface area contributed by atoms with E-state index < -0.39 is 42.3 Å². The molecule has 10 heteroatoms. The Morgan fingerprint density at radius 2 is 1.02 bits per heavy atom. The molecule has 0 bridgehead atoms. The highest BCUT2D eigenvalue weighted by Gasteiger charge is 2.28. The molecule has 2 aromatic rings. The van der Waals surface area contributed by atoms with Crippen LogP contribution in [0.3, 0.4) is 0 Å². The van der Waals surface area contributed by atoms with Crippen molar-refractivity contribution < 1.29 is 38.1 Å². The molecule has 10 nitrogen and oxygen atoms in total. The summed E-state index contributed by atoms with van der Waals surface area (Å²) in [6, 6.07) is 16.5. The Morgan fingerprint density at radius 3 is 1.44 bits per heavy atom. The van der Waals surface area contributed by atoms with Crippen LogP contribution in [0.4, 0.5) is 9.59 Å². The van der Waals surface area contributed by atoms with E-state index in [1.807, 2.05) is 88.4 Å². The molecule has 2 N–H and O–H groups in total. The maximum atomic E-state index is 12.9. The van der Waals surface area contributed by atoms with Gasteiger partial charge in [-0.25, -0.2) is 19.2 Å². The lowest BCUT2D eigenvalue weighted by atomic mass is 10.0. The smallest absolute Gasteiger partial charge is 0.408 e. The lowest BCUT2D eigenvalue weighted by Gasteiger charge is -2.23. The van der Waals surface area contributed by atoms with E-state index in [9.17, 15) is 19.2 Å². The summed E-state index contributed by atoms with van der Waals surface area (Å²) >= 11 is 0. The van der Waals surface area contributed by atoms with E-state index in [4.69, 9.17) is 18.9 Å². The molecule has 2 rings (SSSR count). The molecule has 2 aromatic carbocycles. The molecule has 0 aliphatic carbocycles. The highest BCUT2D eigenvalue weighted by molar-refractivity contribution is 5.82. The van der Waals surface area contributed by atoms with Gasteiger partial charge in [-0.1, -0.05) is 88.4 Å². The maximum Gasteiger partial charge on any atom is 0.408 e. The minimum absolute atomic E-state index is 0.0633. The molecule has 1 unspecified atom stereocenters. The van der Waals surface area contributed by atoms with E-state index in [-0.39, 0.29) is 31.7 Å². The van der Waals surface area contributed by atoms with Gasteiger partial charge in [-0.05, 0) is 42.7 Å². The van der Waals surface area contributed by atoms with E-state index in [0.29, 0.717) is 12.8 Å². The number of amides is 2. The molecular formula is C31H42N2O8. The minimum Gasteiger partial charge on any atom is -0.460 e. The number of nitrogens with one attached hydrogen (secondary N) is 2. The molecule has 41 heavy (non-hydrogen) atoms. The van der Waals surface area contributed by atoms with E-state index in [0.717, 1.165) is 11.1 Å². The van der Waals surface area contributed by atoms with Crippen LogP contribution in [-0.2, 0) is 41.8 Å². The van der Waals surface area contributed by atoms with Crippen LogP contribution in [-0.4, -0.2) is 48.9 Å². The van der Waals surface area contributed by atoms with Gasteiger partial charge in [0.1, 0.15) is 38.0 Å². The zero-order valence-corrected chi connectivity index (χ0v) is 24.5. The maximum absolute atomic E-state index is 12.9. The molecule has 3 atom stereocenters. The van der Waals surface area contributed by atoms with Gasteiger partial charge in [0.15, 0.2) is 0 Å². The van der Waals surface area contributed by atoms with E-state index >= 15 is 0 Å². The number of benzene rings is 2. The molecule has 0 aliphatic rings.